The Balaban J connectivity index is 2.43. The van der Waals surface area contributed by atoms with Crippen molar-refractivity contribution >= 4 is 20.7 Å². The first kappa shape index (κ1) is 15.3. The van der Waals surface area contributed by atoms with Gasteiger partial charge < -0.3 is 14.0 Å². The highest BCUT2D eigenvalue weighted by molar-refractivity contribution is 7.80. The lowest BCUT2D eigenvalue weighted by molar-refractivity contribution is 0.0208. The van der Waals surface area contributed by atoms with E-state index >= 15 is 0 Å². The van der Waals surface area contributed by atoms with Gasteiger partial charge in [-0.05, 0) is 6.04 Å². The van der Waals surface area contributed by atoms with Crippen LogP contribution in [0, 0.1) is 0 Å². The predicted octanol–water partition coefficient (Wildman–Crippen LogP) is 2.37. The Bertz CT molecular complexity index is 454. The third kappa shape index (κ3) is 5.28. The normalized spacial score (nSPS) is 11.6. The molecule has 0 atom stereocenters. The van der Waals surface area contributed by atoms with E-state index in [1.165, 1.54) is 4.57 Å². The first-order chi connectivity index (χ1) is 8.29. The molecule has 18 heavy (non-hydrogen) atoms. The number of aryl methyl sites for hydroxylation is 1. The molecular formula is C12H21NO3SSi. The smallest absolute Gasteiger partial charge is 0.292 e. The second kappa shape index (κ2) is 6.45. The summed E-state index contributed by atoms with van der Waals surface area (Å²) in [5, 5.41) is 0. The molecule has 0 saturated carbocycles. The zero-order valence-electron chi connectivity index (χ0n) is 11.4. The number of thiol groups is 1. The second-order valence-electron chi connectivity index (χ2n) is 5.46. The lowest BCUT2D eigenvalue weighted by Crippen LogP contribution is -2.23. The Labute approximate surface area is 114 Å². The predicted molar refractivity (Wildman–Crippen MR) is 78.5 cm³/mol. The molecule has 0 aliphatic carbocycles. The van der Waals surface area contributed by atoms with Crippen LogP contribution < -0.4 is 10.3 Å². The summed E-state index contributed by atoms with van der Waals surface area (Å²) in [5.74, 6) is 0.276. The lowest BCUT2D eigenvalue weighted by Gasteiger charge is -2.15. The minimum absolute atomic E-state index is 0.108. The van der Waals surface area contributed by atoms with Gasteiger partial charge in [0.15, 0.2) is 12.5 Å². The zero-order valence-corrected chi connectivity index (χ0v) is 13.3. The largest absolute Gasteiger partial charge is 0.462 e. The van der Waals surface area contributed by atoms with Gasteiger partial charge in [0.2, 0.25) is 0 Å². The van der Waals surface area contributed by atoms with Crippen molar-refractivity contribution in [2.24, 2.45) is 7.05 Å². The molecule has 0 aromatic carbocycles. The highest BCUT2D eigenvalue weighted by atomic mass is 32.1. The van der Waals surface area contributed by atoms with Crippen LogP contribution in [0.4, 0.5) is 0 Å². The van der Waals surface area contributed by atoms with E-state index in [1.54, 1.807) is 19.3 Å². The summed E-state index contributed by atoms with van der Waals surface area (Å²) in [5.41, 5.74) is -0.179. The van der Waals surface area contributed by atoms with Crippen LogP contribution in [0.25, 0.3) is 0 Å². The van der Waals surface area contributed by atoms with E-state index in [0.29, 0.717) is 11.5 Å². The highest BCUT2D eigenvalue weighted by Crippen LogP contribution is 2.11. The van der Waals surface area contributed by atoms with Crippen LogP contribution in [0.5, 0.6) is 5.75 Å². The van der Waals surface area contributed by atoms with Gasteiger partial charge in [-0.25, -0.2) is 0 Å². The van der Waals surface area contributed by atoms with Gasteiger partial charge in [-0.3, -0.25) is 4.79 Å². The summed E-state index contributed by atoms with van der Waals surface area (Å²) < 4.78 is 12.2. The van der Waals surface area contributed by atoms with Crippen LogP contribution in [0.1, 0.15) is 0 Å². The summed E-state index contributed by atoms with van der Waals surface area (Å²) in [6, 6.07) is 2.69. The first-order valence-corrected chi connectivity index (χ1v) is 10.1. The SMILES string of the molecule is Cn1cc(S)cc(OCOCC[Si](C)(C)C)c1=O. The molecule has 6 heteroatoms. The van der Waals surface area contributed by atoms with E-state index in [4.69, 9.17) is 9.47 Å². The molecule has 0 N–H and O–H groups in total. The van der Waals surface area contributed by atoms with Crippen LogP contribution in [-0.4, -0.2) is 26.0 Å². The Morgan fingerprint density at radius 1 is 1.39 bits per heavy atom. The number of rotatable bonds is 6. The number of hydrogen-bond acceptors (Lipinski definition) is 4. The summed E-state index contributed by atoms with van der Waals surface area (Å²) in [7, 11) is 0.594. The van der Waals surface area contributed by atoms with E-state index < -0.39 is 8.07 Å². The van der Waals surface area contributed by atoms with Gasteiger partial charge >= 0.3 is 0 Å². The average Bonchev–Trinajstić information content (AvgIpc) is 2.22. The van der Waals surface area contributed by atoms with Crippen LogP contribution in [0.2, 0.25) is 25.7 Å². The maximum atomic E-state index is 11.7. The van der Waals surface area contributed by atoms with Crippen molar-refractivity contribution in [3.8, 4) is 5.75 Å². The van der Waals surface area contributed by atoms with Crippen LogP contribution in [-0.2, 0) is 11.8 Å². The molecule has 0 spiro atoms. The van der Waals surface area contributed by atoms with E-state index in [9.17, 15) is 4.79 Å². The van der Waals surface area contributed by atoms with Crippen molar-refractivity contribution in [3.05, 3.63) is 22.6 Å². The fourth-order valence-electron chi connectivity index (χ4n) is 1.31. The molecular weight excluding hydrogens is 266 g/mol. The number of ether oxygens (including phenoxy) is 2. The van der Waals surface area contributed by atoms with E-state index in [0.717, 1.165) is 6.04 Å². The fraction of sp³-hybridized carbons (Fsp3) is 0.583. The molecule has 0 aliphatic heterocycles. The highest BCUT2D eigenvalue weighted by Gasteiger charge is 2.12. The van der Waals surface area contributed by atoms with Gasteiger partial charge in [0.05, 0.1) is 0 Å². The molecule has 1 rings (SSSR count). The Hall–Kier alpha value is -0.723. The van der Waals surface area contributed by atoms with E-state index in [1.807, 2.05) is 0 Å². The molecule has 0 radical (unpaired) electrons. The maximum Gasteiger partial charge on any atom is 0.292 e. The first-order valence-electron chi connectivity index (χ1n) is 5.90. The molecule has 1 heterocycles. The van der Waals surface area contributed by atoms with E-state index in [2.05, 4.69) is 32.3 Å². The molecule has 1 aromatic heterocycles. The monoisotopic (exact) mass is 287 g/mol. The van der Waals surface area contributed by atoms with Crippen LogP contribution in [0.15, 0.2) is 22.0 Å². The molecule has 1 aromatic rings. The molecule has 102 valence electrons. The van der Waals surface area contributed by atoms with Gasteiger partial charge in [-0.1, -0.05) is 19.6 Å². The Kier molecular flexibility index (Phi) is 5.49. The second-order valence-corrected chi connectivity index (χ2v) is 11.6. The quantitative estimate of drug-likeness (QED) is 0.378. The summed E-state index contributed by atoms with van der Waals surface area (Å²) in [6.45, 7) is 7.65. The third-order valence-corrected chi connectivity index (χ3v) is 4.38. The summed E-state index contributed by atoms with van der Waals surface area (Å²) in [6.07, 6.45) is 1.64. The van der Waals surface area contributed by atoms with Crippen molar-refractivity contribution in [3.63, 3.8) is 0 Å². The minimum Gasteiger partial charge on any atom is -0.462 e. The number of nitrogens with zero attached hydrogens (tertiary/aromatic N) is 1. The Morgan fingerprint density at radius 2 is 2.06 bits per heavy atom. The van der Waals surface area contributed by atoms with Gasteiger partial charge in [-0.2, -0.15) is 0 Å². The van der Waals surface area contributed by atoms with Gasteiger partial charge in [0, 0.05) is 38.9 Å². The number of aromatic nitrogens is 1. The average molecular weight is 287 g/mol. The van der Waals surface area contributed by atoms with Crippen molar-refractivity contribution in [1.82, 2.24) is 4.57 Å². The molecule has 0 bridgehead atoms. The molecule has 4 nitrogen and oxygen atoms in total. The van der Waals surface area contributed by atoms with Gasteiger partial charge in [0.1, 0.15) is 0 Å². The lowest BCUT2D eigenvalue weighted by atomic mass is 10.4. The van der Waals surface area contributed by atoms with Crippen molar-refractivity contribution < 1.29 is 9.47 Å². The summed E-state index contributed by atoms with van der Waals surface area (Å²) >= 11 is 4.20. The minimum atomic E-state index is -1.07. The molecule has 0 amide bonds. The number of pyridine rings is 1. The van der Waals surface area contributed by atoms with Crippen LogP contribution in [0.3, 0.4) is 0 Å². The maximum absolute atomic E-state index is 11.7. The van der Waals surface area contributed by atoms with Crippen molar-refractivity contribution in [2.45, 2.75) is 30.6 Å². The topological polar surface area (TPSA) is 40.5 Å². The van der Waals surface area contributed by atoms with Crippen molar-refractivity contribution in [1.29, 1.82) is 0 Å². The van der Waals surface area contributed by atoms with Crippen LogP contribution >= 0.6 is 12.6 Å². The van der Waals surface area contributed by atoms with Crippen molar-refractivity contribution in [2.75, 3.05) is 13.4 Å². The van der Waals surface area contributed by atoms with Gasteiger partial charge in [-0.15, -0.1) is 12.6 Å². The standard InChI is InChI=1S/C12H21NO3SSi/c1-13-8-10(17)7-11(12(13)14)16-9-15-5-6-18(2,3)4/h7-8,17H,5-6,9H2,1-4H3. The molecule has 0 unspecified atom stereocenters. The Morgan fingerprint density at radius 3 is 2.67 bits per heavy atom. The fourth-order valence-corrected chi connectivity index (χ4v) is 2.36. The third-order valence-electron chi connectivity index (χ3n) is 2.43. The molecule has 0 aliphatic rings. The summed E-state index contributed by atoms with van der Waals surface area (Å²) in [4.78, 5) is 12.4. The van der Waals surface area contributed by atoms with Gasteiger partial charge in [0.25, 0.3) is 5.56 Å². The zero-order chi connectivity index (χ0) is 13.8. The molecule has 0 saturated heterocycles. The number of hydrogen-bond donors (Lipinski definition) is 1. The van der Waals surface area contributed by atoms with E-state index in [-0.39, 0.29) is 18.1 Å². The molecule has 0 fully saturated rings.